The molecule has 6 nitrogen and oxygen atoms in total. The standard InChI is InChI=1S/C26H23ClN2O4/c1-3-33-24-12-9-19(17(2)30)13-20(24)16-29-23-14-21(27)10-11-22(23)28(25(31)26(29)32)15-18-7-5-4-6-8-18/h4-14H,3,15-16H2,1-2H3. The van der Waals surface area contributed by atoms with Gasteiger partial charge >= 0.3 is 11.1 Å². The van der Waals surface area contributed by atoms with Crippen LogP contribution in [-0.4, -0.2) is 21.5 Å². The number of carbonyl (C=O) groups excluding carboxylic acids is 1. The molecule has 0 spiro atoms. The zero-order valence-corrected chi connectivity index (χ0v) is 19.1. The van der Waals surface area contributed by atoms with E-state index in [2.05, 4.69) is 0 Å². The third kappa shape index (κ3) is 4.61. The summed E-state index contributed by atoms with van der Waals surface area (Å²) in [6, 6.07) is 19.7. The smallest absolute Gasteiger partial charge is 0.317 e. The van der Waals surface area contributed by atoms with Crippen molar-refractivity contribution in [3.63, 3.8) is 0 Å². The van der Waals surface area contributed by atoms with E-state index in [0.29, 0.717) is 39.5 Å². The van der Waals surface area contributed by atoms with Crippen LogP contribution in [0.3, 0.4) is 0 Å². The second kappa shape index (κ2) is 9.46. The lowest BCUT2D eigenvalue weighted by atomic mass is 10.1. The van der Waals surface area contributed by atoms with E-state index in [4.69, 9.17) is 16.3 Å². The Morgan fingerprint density at radius 1 is 0.879 bits per heavy atom. The Bertz CT molecular complexity index is 1460. The number of nitrogens with zero attached hydrogens (tertiary/aromatic N) is 2. The predicted octanol–water partition coefficient (Wildman–Crippen LogP) is 4.51. The van der Waals surface area contributed by atoms with E-state index >= 15 is 0 Å². The van der Waals surface area contributed by atoms with Gasteiger partial charge in [0.05, 0.1) is 30.7 Å². The molecule has 0 fully saturated rings. The summed E-state index contributed by atoms with van der Waals surface area (Å²) in [5.41, 5.74) is 1.85. The Morgan fingerprint density at radius 3 is 2.24 bits per heavy atom. The summed E-state index contributed by atoms with van der Waals surface area (Å²) < 4.78 is 8.58. The van der Waals surface area contributed by atoms with Gasteiger partial charge in [0.2, 0.25) is 0 Å². The largest absolute Gasteiger partial charge is 0.494 e. The number of Topliss-reactive ketones (excluding diaryl/α,β-unsaturated/α-hetero) is 1. The zero-order valence-electron chi connectivity index (χ0n) is 18.4. The fourth-order valence-electron chi connectivity index (χ4n) is 3.86. The molecule has 4 aromatic rings. The SMILES string of the molecule is CCOc1ccc(C(C)=O)cc1Cn1c(=O)c(=O)n(Cc2ccccc2)c2ccc(Cl)cc21. The summed E-state index contributed by atoms with van der Waals surface area (Å²) >= 11 is 6.27. The Hall–Kier alpha value is -3.64. The number of fused-ring (bicyclic) bond motifs is 1. The summed E-state index contributed by atoms with van der Waals surface area (Å²) in [7, 11) is 0. The zero-order chi connectivity index (χ0) is 23.5. The maximum atomic E-state index is 13.3. The van der Waals surface area contributed by atoms with Gasteiger partial charge in [-0.2, -0.15) is 0 Å². The average Bonchev–Trinajstić information content (AvgIpc) is 2.81. The number of ketones is 1. The highest BCUT2D eigenvalue weighted by Gasteiger charge is 2.17. The van der Waals surface area contributed by atoms with Gasteiger partial charge in [0.1, 0.15) is 5.75 Å². The van der Waals surface area contributed by atoms with Crippen molar-refractivity contribution in [1.29, 1.82) is 0 Å². The van der Waals surface area contributed by atoms with E-state index in [1.54, 1.807) is 36.4 Å². The molecule has 1 heterocycles. The van der Waals surface area contributed by atoms with E-state index < -0.39 is 11.1 Å². The second-order valence-electron chi connectivity index (χ2n) is 7.71. The van der Waals surface area contributed by atoms with Crippen LogP contribution in [0.25, 0.3) is 11.0 Å². The molecule has 4 rings (SSSR count). The first-order chi connectivity index (χ1) is 15.9. The van der Waals surface area contributed by atoms with Gasteiger partial charge in [0.25, 0.3) is 0 Å². The van der Waals surface area contributed by atoms with Crippen LogP contribution in [0.4, 0.5) is 0 Å². The maximum absolute atomic E-state index is 13.3. The highest BCUT2D eigenvalue weighted by Crippen LogP contribution is 2.24. The van der Waals surface area contributed by atoms with Crippen molar-refractivity contribution in [2.75, 3.05) is 6.61 Å². The summed E-state index contributed by atoms with van der Waals surface area (Å²) in [6.07, 6.45) is 0. The number of hydrogen-bond donors (Lipinski definition) is 0. The molecule has 1 aromatic heterocycles. The number of benzene rings is 3. The van der Waals surface area contributed by atoms with Crippen LogP contribution >= 0.6 is 11.6 Å². The van der Waals surface area contributed by atoms with Crippen molar-refractivity contribution in [3.8, 4) is 5.75 Å². The molecule has 0 amide bonds. The van der Waals surface area contributed by atoms with Crippen LogP contribution in [0.15, 0.2) is 76.3 Å². The van der Waals surface area contributed by atoms with E-state index in [0.717, 1.165) is 5.56 Å². The van der Waals surface area contributed by atoms with Crippen molar-refractivity contribution >= 4 is 28.4 Å². The van der Waals surface area contributed by atoms with Crippen molar-refractivity contribution in [1.82, 2.24) is 9.13 Å². The lowest BCUT2D eigenvalue weighted by Gasteiger charge is -2.17. The summed E-state index contributed by atoms with van der Waals surface area (Å²) in [5, 5.41) is 0.447. The van der Waals surface area contributed by atoms with Crippen LogP contribution < -0.4 is 15.9 Å². The normalized spacial score (nSPS) is 11.0. The molecule has 0 aliphatic heterocycles. The van der Waals surface area contributed by atoms with Crippen LogP contribution in [0.2, 0.25) is 5.02 Å². The van der Waals surface area contributed by atoms with Crippen molar-refractivity contribution in [2.45, 2.75) is 26.9 Å². The van der Waals surface area contributed by atoms with E-state index in [1.807, 2.05) is 37.3 Å². The van der Waals surface area contributed by atoms with Crippen molar-refractivity contribution in [3.05, 3.63) is 109 Å². The number of ether oxygens (including phenoxy) is 1. The molecule has 0 aliphatic rings. The van der Waals surface area contributed by atoms with Gasteiger partial charge in [0, 0.05) is 16.1 Å². The first kappa shape index (κ1) is 22.6. The quantitative estimate of drug-likeness (QED) is 0.299. The molecule has 0 unspecified atom stereocenters. The molecule has 7 heteroatoms. The Kier molecular flexibility index (Phi) is 6.47. The van der Waals surface area contributed by atoms with Crippen molar-refractivity contribution in [2.24, 2.45) is 0 Å². The molecule has 0 saturated heterocycles. The van der Waals surface area contributed by atoms with Gasteiger partial charge in [0.15, 0.2) is 5.78 Å². The highest BCUT2D eigenvalue weighted by atomic mass is 35.5. The van der Waals surface area contributed by atoms with Gasteiger partial charge in [-0.3, -0.25) is 23.5 Å². The van der Waals surface area contributed by atoms with Gasteiger partial charge in [-0.15, -0.1) is 0 Å². The molecule has 0 radical (unpaired) electrons. The minimum atomic E-state index is -0.670. The predicted molar refractivity (Wildman–Crippen MR) is 130 cm³/mol. The van der Waals surface area contributed by atoms with E-state index in [1.165, 1.54) is 16.1 Å². The maximum Gasteiger partial charge on any atom is 0.317 e. The molecule has 0 bridgehead atoms. The van der Waals surface area contributed by atoms with Gasteiger partial charge in [-0.1, -0.05) is 41.9 Å². The lowest BCUT2D eigenvalue weighted by Crippen LogP contribution is -2.42. The summed E-state index contributed by atoms with van der Waals surface area (Å²) in [6.45, 7) is 4.08. The minimum Gasteiger partial charge on any atom is -0.494 e. The number of aromatic nitrogens is 2. The number of halogens is 1. The molecule has 0 atom stereocenters. The Balaban J connectivity index is 1.92. The van der Waals surface area contributed by atoms with Gasteiger partial charge < -0.3 is 4.74 Å². The summed E-state index contributed by atoms with van der Waals surface area (Å²) in [5.74, 6) is 0.455. The van der Waals surface area contributed by atoms with E-state index in [-0.39, 0.29) is 18.9 Å². The van der Waals surface area contributed by atoms with Crippen LogP contribution in [-0.2, 0) is 13.1 Å². The molecule has 0 saturated carbocycles. The first-order valence-electron chi connectivity index (χ1n) is 10.6. The summed E-state index contributed by atoms with van der Waals surface area (Å²) in [4.78, 5) is 38.4. The van der Waals surface area contributed by atoms with Crippen LogP contribution in [0.5, 0.6) is 5.75 Å². The third-order valence-corrected chi connectivity index (χ3v) is 5.71. The van der Waals surface area contributed by atoms with Gasteiger partial charge in [-0.25, -0.2) is 0 Å². The second-order valence-corrected chi connectivity index (χ2v) is 8.15. The molecule has 3 aromatic carbocycles. The number of hydrogen-bond acceptors (Lipinski definition) is 4. The van der Waals surface area contributed by atoms with Crippen molar-refractivity contribution < 1.29 is 9.53 Å². The topological polar surface area (TPSA) is 70.3 Å². The average molecular weight is 463 g/mol. The minimum absolute atomic E-state index is 0.0630. The molecular weight excluding hydrogens is 440 g/mol. The van der Waals surface area contributed by atoms with Crippen LogP contribution in [0.1, 0.15) is 35.3 Å². The van der Waals surface area contributed by atoms with Crippen LogP contribution in [0, 0.1) is 0 Å². The third-order valence-electron chi connectivity index (χ3n) is 5.47. The fourth-order valence-corrected chi connectivity index (χ4v) is 4.03. The molecule has 168 valence electrons. The number of rotatable bonds is 7. The molecule has 33 heavy (non-hydrogen) atoms. The number of carbonyl (C=O) groups is 1. The first-order valence-corrected chi connectivity index (χ1v) is 11.0. The monoisotopic (exact) mass is 462 g/mol. The molecule has 0 aliphatic carbocycles. The lowest BCUT2D eigenvalue weighted by molar-refractivity contribution is 0.101. The van der Waals surface area contributed by atoms with Gasteiger partial charge in [-0.05, 0) is 55.8 Å². The Morgan fingerprint density at radius 2 is 1.58 bits per heavy atom. The molecule has 0 N–H and O–H groups in total. The highest BCUT2D eigenvalue weighted by molar-refractivity contribution is 6.31. The van der Waals surface area contributed by atoms with E-state index in [9.17, 15) is 14.4 Å². The molecular formula is C26H23ClN2O4. The fraction of sp³-hybridized carbons (Fsp3) is 0.192. The Labute approximate surface area is 195 Å².